The molecule has 2 rings (SSSR count). The van der Waals surface area contributed by atoms with Gasteiger partial charge >= 0.3 is 0 Å². The smallest absolute Gasteiger partial charge is 0.253 e. The van der Waals surface area contributed by atoms with Gasteiger partial charge < -0.3 is 5.32 Å². The van der Waals surface area contributed by atoms with Crippen LogP contribution in [-0.2, 0) is 14.8 Å². The Bertz CT molecular complexity index is 603. The molecule has 0 aliphatic heterocycles. The lowest BCUT2D eigenvalue weighted by Gasteiger charge is -2.22. The molecular formula is C16H24N2O3S2. The molecule has 1 aromatic heterocycles. The fourth-order valence-electron chi connectivity index (χ4n) is 2.79. The summed E-state index contributed by atoms with van der Waals surface area (Å²) < 4.78 is 26.6. The molecule has 7 heteroatoms. The Morgan fingerprint density at radius 1 is 1.35 bits per heavy atom. The number of sulfonamides is 1. The Morgan fingerprint density at radius 2 is 2.04 bits per heavy atom. The quantitative estimate of drug-likeness (QED) is 0.603. The number of hydrogen-bond donors (Lipinski definition) is 1. The Labute approximate surface area is 142 Å². The maximum Gasteiger partial charge on any atom is 0.253 e. The Kier molecular flexibility index (Phi) is 6.80. The molecule has 1 N–H and O–H groups in total. The van der Waals surface area contributed by atoms with Crippen molar-refractivity contribution in [2.75, 3.05) is 13.1 Å². The predicted octanol–water partition coefficient (Wildman–Crippen LogP) is 2.76. The number of carbonyl (C=O) groups is 1. The van der Waals surface area contributed by atoms with Crippen LogP contribution in [0.1, 0.15) is 38.5 Å². The van der Waals surface area contributed by atoms with Gasteiger partial charge in [0.05, 0.1) is 6.54 Å². The van der Waals surface area contributed by atoms with Gasteiger partial charge in [-0.3, -0.25) is 4.79 Å². The molecule has 128 valence electrons. The second-order valence-electron chi connectivity index (χ2n) is 5.77. The van der Waals surface area contributed by atoms with Gasteiger partial charge in [0.25, 0.3) is 10.0 Å². The summed E-state index contributed by atoms with van der Waals surface area (Å²) >= 11 is 1.15. The van der Waals surface area contributed by atoms with E-state index in [1.54, 1.807) is 17.5 Å². The van der Waals surface area contributed by atoms with Crippen molar-refractivity contribution in [3.8, 4) is 0 Å². The molecule has 5 nitrogen and oxygen atoms in total. The summed E-state index contributed by atoms with van der Waals surface area (Å²) in [6.45, 7) is 3.56. The van der Waals surface area contributed by atoms with Gasteiger partial charge in [-0.1, -0.05) is 37.8 Å². The van der Waals surface area contributed by atoms with E-state index < -0.39 is 10.0 Å². The first-order chi connectivity index (χ1) is 11.0. The summed E-state index contributed by atoms with van der Waals surface area (Å²) in [6, 6.07) is 3.41. The van der Waals surface area contributed by atoms with Crippen molar-refractivity contribution in [2.24, 2.45) is 0 Å². The van der Waals surface area contributed by atoms with Crippen LogP contribution in [0.25, 0.3) is 0 Å². The average Bonchev–Trinajstić information content (AvgIpc) is 2.94. The lowest BCUT2D eigenvalue weighted by Crippen LogP contribution is -2.44. The molecule has 1 fully saturated rings. The molecule has 0 radical (unpaired) electrons. The maximum absolute atomic E-state index is 12.6. The highest BCUT2D eigenvalue weighted by atomic mass is 32.2. The summed E-state index contributed by atoms with van der Waals surface area (Å²) in [5, 5.41) is 4.70. The highest BCUT2D eigenvalue weighted by Crippen LogP contribution is 2.21. The standard InChI is InChI=1S/C16H24N2O3S2/c1-2-11-18(23(20,21)16-10-7-12-22-16)13-15(19)17-14-8-5-3-4-6-9-14/h2,7,10,12,14H,1,3-6,8-9,11,13H2,(H,17,19). The first-order valence-corrected chi connectivity index (χ1v) is 10.3. The molecule has 0 unspecified atom stereocenters. The van der Waals surface area contributed by atoms with Crippen molar-refractivity contribution < 1.29 is 13.2 Å². The van der Waals surface area contributed by atoms with E-state index >= 15 is 0 Å². The fourth-order valence-corrected chi connectivity index (χ4v) is 5.30. The lowest BCUT2D eigenvalue weighted by molar-refractivity contribution is -0.122. The third-order valence-corrected chi connectivity index (χ3v) is 7.15. The van der Waals surface area contributed by atoms with E-state index in [1.165, 1.54) is 23.2 Å². The van der Waals surface area contributed by atoms with Gasteiger partial charge in [-0.25, -0.2) is 8.42 Å². The van der Waals surface area contributed by atoms with Crippen LogP contribution in [0.15, 0.2) is 34.4 Å². The zero-order valence-electron chi connectivity index (χ0n) is 13.2. The molecule has 1 aliphatic rings. The van der Waals surface area contributed by atoms with Gasteiger partial charge in [-0.05, 0) is 24.3 Å². The third-order valence-electron chi connectivity index (χ3n) is 3.96. The van der Waals surface area contributed by atoms with E-state index in [4.69, 9.17) is 0 Å². The number of nitrogens with one attached hydrogen (secondary N) is 1. The second-order valence-corrected chi connectivity index (χ2v) is 8.89. The molecule has 0 bridgehead atoms. The van der Waals surface area contributed by atoms with Crippen LogP contribution in [0.3, 0.4) is 0 Å². The Morgan fingerprint density at radius 3 is 2.61 bits per heavy atom. The zero-order valence-corrected chi connectivity index (χ0v) is 14.9. The van der Waals surface area contributed by atoms with Gasteiger partial charge in [0.1, 0.15) is 4.21 Å². The minimum atomic E-state index is -3.64. The van der Waals surface area contributed by atoms with E-state index in [0.29, 0.717) is 0 Å². The molecular weight excluding hydrogens is 332 g/mol. The first-order valence-electron chi connectivity index (χ1n) is 7.98. The predicted molar refractivity (Wildman–Crippen MR) is 92.9 cm³/mol. The molecule has 0 spiro atoms. The fraction of sp³-hybridized carbons (Fsp3) is 0.562. The summed E-state index contributed by atoms with van der Waals surface area (Å²) in [7, 11) is -3.64. The van der Waals surface area contributed by atoms with Gasteiger partial charge in [0, 0.05) is 12.6 Å². The van der Waals surface area contributed by atoms with E-state index in [2.05, 4.69) is 11.9 Å². The minimum Gasteiger partial charge on any atom is -0.352 e. The third kappa shape index (κ3) is 5.16. The van der Waals surface area contributed by atoms with Crippen molar-refractivity contribution in [1.82, 2.24) is 9.62 Å². The number of amides is 1. The molecule has 1 aromatic rings. The Hall–Kier alpha value is -1.18. The van der Waals surface area contributed by atoms with Crippen LogP contribution in [0.4, 0.5) is 0 Å². The number of hydrogen-bond acceptors (Lipinski definition) is 4. The van der Waals surface area contributed by atoms with Crippen molar-refractivity contribution in [2.45, 2.75) is 48.8 Å². The van der Waals surface area contributed by atoms with Crippen LogP contribution >= 0.6 is 11.3 Å². The normalized spacial score (nSPS) is 16.9. The zero-order chi connectivity index (χ0) is 16.7. The van der Waals surface area contributed by atoms with Gasteiger partial charge in [-0.2, -0.15) is 4.31 Å². The van der Waals surface area contributed by atoms with Crippen molar-refractivity contribution in [3.63, 3.8) is 0 Å². The monoisotopic (exact) mass is 356 g/mol. The van der Waals surface area contributed by atoms with Crippen molar-refractivity contribution >= 4 is 27.3 Å². The van der Waals surface area contributed by atoms with Crippen LogP contribution in [-0.4, -0.2) is 37.8 Å². The van der Waals surface area contributed by atoms with Crippen molar-refractivity contribution in [1.29, 1.82) is 0 Å². The van der Waals surface area contributed by atoms with Crippen LogP contribution in [0.5, 0.6) is 0 Å². The van der Waals surface area contributed by atoms with Crippen LogP contribution in [0.2, 0.25) is 0 Å². The highest BCUT2D eigenvalue weighted by molar-refractivity contribution is 7.91. The maximum atomic E-state index is 12.6. The average molecular weight is 357 g/mol. The SMILES string of the molecule is C=CCN(CC(=O)NC1CCCCCC1)S(=O)(=O)c1cccs1. The van der Waals surface area contributed by atoms with Gasteiger partial charge in [0.15, 0.2) is 0 Å². The van der Waals surface area contributed by atoms with E-state index in [-0.39, 0.29) is 29.2 Å². The molecule has 1 amide bonds. The summed E-state index contributed by atoms with van der Waals surface area (Å²) in [5.74, 6) is -0.237. The van der Waals surface area contributed by atoms with Crippen LogP contribution in [0, 0.1) is 0 Å². The largest absolute Gasteiger partial charge is 0.352 e. The molecule has 1 saturated carbocycles. The summed E-state index contributed by atoms with van der Waals surface area (Å²) in [6.07, 6.45) is 8.12. The second kappa shape index (κ2) is 8.61. The molecule has 23 heavy (non-hydrogen) atoms. The molecule has 0 saturated heterocycles. The minimum absolute atomic E-state index is 0.123. The van der Waals surface area contributed by atoms with Gasteiger partial charge in [0.2, 0.25) is 5.91 Å². The number of nitrogens with zero attached hydrogens (tertiary/aromatic N) is 1. The lowest BCUT2D eigenvalue weighted by atomic mass is 10.1. The van der Waals surface area contributed by atoms with Crippen LogP contribution < -0.4 is 5.32 Å². The van der Waals surface area contributed by atoms with E-state index in [0.717, 1.165) is 37.0 Å². The first kappa shape index (κ1) is 18.2. The molecule has 0 atom stereocenters. The number of carbonyl (C=O) groups excluding carboxylic acids is 1. The molecule has 1 aliphatic carbocycles. The number of rotatable bonds is 7. The summed E-state index contributed by atoms with van der Waals surface area (Å²) in [4.78, 5) is 12.3. The van der Waals surface area contributed by atoms with Gasteiger partial charge in [-0.15, -0.1) is 17.9 Å². The van der Waals surface area contributed by atoms with E-state index in [1.807, 2.05) is 0 Å². The molecule has 0 aromatic carbocycles. The molecule has 1 heterocycles. The topological polar surface area (TPSA) is 66.5 Å². The van der Waals surface area contributed by atoms with E-state index in [9.17, 15) is 13.2 Å². The van der Waals surface area contributed by atoms with Crippen molar-refractivity contribution in [3.05, 3.63) is 30.2 Å². The number of thiophene rings is 1. The Balaban J connectivity index is 2.01. The highest BCUT2D eigenvalue weighted by Gasteiger charge is 2.27. The summed E-state index contributed by atoms with van der Waals surface area (Å²) in [5.41, 5.74) is 0.